The van der Waals surface area contributed by atoms with Crippen molar-refractivity contribution in [3.8, 4) is 0 Å². The lowest BCUT2D eigenvalue weighted by molar-refractivity contribution is -0.126. The van der Waals surface area contributed by atoms with Gasteiger partial charge in [0, 0.05) is 30.5 Å². The molecule has 0 heterocycles. The van der Waals surface area contributed by atoms with E-state index in [1.165, 1.54) is 12.8 Å². The van der Waals surface area contributed by atoms with Crippen LogP contribution in [0.1, 0.15) is 56.9 Å². The van der Waals surface area contributed by atoms with E-state index in [-0.39, 0.29) is 30.6 Å². The average Bonchev–Trinajstić information content (AvgIpc) is 3.04. The van der Waals surface area contributed by atoms with Crippen LogP contribution in [-0.4, -0.2) is 24.4 Å². The van der Waals surface area contributed by atoms with Crippen LogP contribution in [0.5, 0.6) is 0 Å². The highest BCUT2D eigenvalue weighted by atomic mass is 35.5. The maximum absolute atomic E-state index is 11.9. The van der Waals surface area contributed by atoms with Gasteiger partial charge in [0.1, 0.15) is 0 Å². The van der Waals surface area contributed by atoms with Gasteiger partial charge < -0.3 is 10.6 Å². The molecule has 0 spiro atoms. The summed E-state index contributed by atoms with van der Waals surface area (Å²) in [6.07, 6.45) is 5.01. The largest absolute Gasteiger partial charge is 0.355 e. The lowest BCUT2D eigenvalue weighted by Gasteiger charge is -2.14. The topological polar surface area (TPSA) is 58.2 Å². The molecule has 2 N–H and O–H groups in total. The molecule has 0 aliphatic heterocycles. The minimum Gasteiger partial charge on any atom is -0.355 e. The highest BCUT2D eigenvalue weighted by Gasteiger charge is 2.17. The van der Waals surface area contributed by atoms with Crippen LogP contribution in [0.4, 0.5) is 0 Å². The fourth-order valence-corrected chi connectivity index (χ4v) is 2.99. The van der Waals surface area contributed by atoms with E-state index in [0.717, 1.165) is 18.4 Å². The summed E-state index contributed by atoms with van der Waals surface area (Å²) in [7, 11) is 0. The maximum atomic E-state index is 11.9. The van der Waals surface area contributed by atoms with Gasteiger partial charge in [0.05, 0.1) is 0 Å². The van der Waals surface area contributed by atoms with Crippen LogP contribution in [0.2, 0.25) is 5.02 Å². The standard InChI is InChI=1S/C18H25ClN2O2/c1-13(14-6-8-15(19)9-7-14)12-20-17(22)10-11-18(23)21-16-4-2-3-5-16/h6-9,13,16H,2-5,10-12H2,1H3,(H,20,22)(H,21,23)/t13-/m1/s1. The Bertz CT molecular complexity index is 524. The number of amides is 2. The van der Waals surface area contributed by atoms with Crippen LogP contribution >= 0.6 is 11.6 Å². The van der Waals surface area contributed by atoms with Gasteiger partial charge in [-0.1, -0.05) is 43.5 Å². The third-order valence-electron chi connectivity index (χ3n) is 4.34. The molecule has 1 aromatic carbocycles. The van der Waals surface area contributed by atoms with Gasteiger partial charge in [-0.05, 0) is 36.5 Å². The van der Waals surface area contributed by atoms with E-state index in [2.05, 4.69) is 17.6 Å². The van der Waals surface area contributed by atoms with Gasteiger partial charge in [-0.15, -0.1) is 0 Å². The van der Waals surface area contributed by atoms with Crippen LogP contribution in [0.3, 0.4) is 0 Å². The molecule has 5 heteroatoms. The fourth-order valence-electron chi connectivity index (χ4n) is 2.86. The molecule has 2 amide bonds. The molecule has 1 aromatic rings. The predicted molar refractivity (Wildman–Crippen MR) is 92.5 cm³/mol. The Hall–Kier alpha value is -1.55. The summed E-state index contributed by atoms with van der Waals surface area (Å²) in [5.74, 6) is 0.119. The van der Waals surface area contributed by atoms with Crippen molar-refractivity contribution in [3.05, 3.63) is 34.9 Å². The molecule has 1 fully saturated rings. The van der Waals surface area contributed by atoms with Crippen LogP contribution in [0.15, 0.2) is 24.3 Å². The number of hydrogen-bond donors (Lipinski definition) is 2. The van der Waals surface area contributed by atoms with Gasteiger partial charge in [-0.25, -0.2) is 0 Å². The molecule has 0 bridgehead atoms. The summed E-state index contributed by atoms with van der Waals surface area (Å²) in [6.45, 7) is 2.61. The monoisotopic (exact) mass is 336 g/mol. The molecule has 1 atom stereocenters. The average molecular weight is 337 g/mol. The number of nitrogens with one attached hydrogen (secondary N) is 2. The fraction of sp³-hybridized carbons (Fsp3) is 0.556. The second-order valence-electron chi connectivity index (χ2n) is 6.31. The summed E-state index contributed by atoms with van der Waals surface area (Å²) in [5.41, 5.74) is 1.13. The minimum absolute atomic E-state index is 0.0159. The van der Waals surface area contributed by atoms with E-state index in [1.54, 1.807) is 0 Å². The lowest BCUT2D eigenvalue weighted by Crippen LogP contribution is -2.34. The number of halogens is 1. The molecule has 1 aliphatic carbocycles. The van der Waals surface area contributed by atoms with Gasteiger partial charge in [0.2, 0.25) is 11.8 Å². The highest BCUT2D eigenvalue weighted by molar-refractivity contribution is 6.30. The Kier molecular flexibility index (Phi) is 6.90. The summed E-state index contributed by atoms with van der Waals surface area (Å²) < 4.78 is 0. The molecule has 1 aliphatic rings. The molecule has 0 saturated heterocycles. The number of rotatable bonds is 7. The van der Waals surface area contributed by atoms with Gasteiger partial charge in [0.25, 0.3) is 0 Å². The molecule has 2 rings (SSSR count). The quantitative estimate of drug-likeness (QED) is 0.801. The van der Waals surface area contributed by atoms with Crippen molar-refractivity contribution < 1.29 is 9.59 Å². The first-order valence-corrected chi connectivity index (χ1v) is 8.74. The number of carbonyl (C=O) groups excluding carboxylic acids is 2. The van der Waals surface area contributed by atoms with Crippen molar-refractivity contribution in [1.82, 2.24) is 10.6 Å². The third-order valence-corrected chi connectivity index (χ3v) is 4.60. The summed E-state index contributed by atoms with van der Waals surface area (Å²) >= 11 is 5.87. The number of benzene rings is 1. The summed E-state index contributed by atoms with van der Waals surface area (Å²) in [4.78, 5) is 23.7. The van der Waals surface area contributed by atoms with E-state index < -0.39 is 0 Å². The molecule has 0 unspecified atom stereocenters. The molecule has 0 radical (unpaired) electrons. The second-order valence-corrected chi connectivity index (χ2v) is 6.74. The zero-order valence-electron chi connectivity index (χ0n) is 13.6. The van der Waals surface area contributed by atoms with E-state index >= 15 is 0 Å². The van der Waals surface area contributed by atoms with Crippen LogP contribution in [-0.2, 0) is 9.59 Å². The van der Waals surface area contributed by atoms with Crippen LogP contribution in [0, 0.1) is 0 Å². The zero-order chi connectivity index (χ0) is 16.7. The molecular weight excluding hydrogens is 312 g/mol. The van der Waals surface area contributed by atoms with E-state index in [4.69, 9.17) is 11.6 Å². The third kappa shape index (κ3) is 6.22. The first kappa shape index (κ1) is 17.8. The normalized spacial score (nSPS) is 16.1. The zero-order valence-corrected chi connectivity index (χ0v) is 14.4. The maximum Gasteiger partial charge on any atom is 0.220 e. The molecule has 4 nitrogen and oxygen atoms in total. The van der Waals surface area contributed by atoms with E-state index in [1.807, 2.05) is 24.3 Å². The second kappa shape index (κ2) is 8.92. The summed E-state index contributed by atoms with van der Waals surface area (Å²) in [6, 6.07) is 7.95. The van der Waals surface area contributed by atoms with Gasteiger partial charge >= 0.3 is 0 Å². The minimum atomic E-state index is -0.0765. The van der Waals surface area contributed by atoms with Gasteiger partial charge in [0.15, 0.2) is 0 Å². The first-order valence-electron chi connectivity index (χ1n) is 8.36. The van der Waals surface area contributed by atoms with Crippen LogP contribution < -0.4 is 10.6 Å². The predicted octanol–water partition coefficient (Wildman–Crippen LogP) is 3.40. The smallest absolute Gasteiger partial charge is 0.220 e. The Labute approximate surface area is 143 Å². The van der Waals surface area contributed by atoms with Gasteiger partial charge in [-0.2, -0.15) is 0 Å². The Morgan fingerprint density at radius 3 is 2.39 bits per heavy atom. The lowest BCUT2D eigenvalue weighted by atomic mass is 10.0. The van der Waals surface area contributed by atoms with Crippen LogP contribution in [0.25, 0.3) is 0 Å². The van der Waals surface area contributed by atoms with Crippen molar-refractivity contribution >= 4 is 23.4 Å². The van der Waals surface area contributed by atoms with Crippen molar-refractivity contribution in [1.29, 1.82) is 0 Å². The van der Waals surface area contributed by atoms with Crippen molar-refractivity contribution in [2.45, 2.75) is 57.4 Å². The van der Waals surface area contributed by atoms with E-state index in [0.29, 0.717) is 17.6 Å². The van der Waals surface area contributed by atoms with E-state index in [9.17, 15) is 9.59 Å². The van der Waals surface area contributed by atoms with Crippen molar-refractivity contribution in [2.75, 3.05) is 6.54 Å². The Balaban J connectivity index is 1.64. The Morgan fingerprint density at radius 2 is 1.74 bits per heavy atom. The molecular formula is C18H25ClN2O2. The number of carbonyl (C=O) groups is 2. The highest BCUT2D eigenvalue weighted by Crippen LogP contribution is 2.18. The van der Waals surface area contributed by atoms with Gasteiger partial charge in [-0.3, -0.25) is 9.59 Å². The molecule has 23 heavy (non-hydrogen) atoms. The summed E-state index contributed by atoms with van der Waals surface area (Å²) in [5, 5.41) is 6.60. The van der Waals surface area contributed by atoms with Crippen molar-refractivity contribution in [3.63, 3.8) is 0 Å². The molecule has 126 valence electrons. The van der Waals surface area contributed by atoms with Crippen molar-refractivity contribution in [2.24, 2.45) is 0 Å². The molecule has 1 saturated carbocycles. The molecule has 0 aromatic heterocycles. The Morgan fingerprint density at radius 1 is 1.13 bits per heavy atom. The number of hydrogen-bond acceptors (Lipinski definition) is 2. The first-order chi connectivity index (χ1) is 11.0. The SMILES string of the molecule is C[C@H](CNC(=O)CCC(=O)NC1CCCC1)c1ccc(Cl)cc1.